The predicted octanol–water partition coefficient (Wildman–Crippen LogP) is 3.48. The lowest BCUT2D eigenvalue weighted by Gasteiger charge is -2.26. The third-order valence-electron chi connectivity index (χ3n) is 2.88. The number of pyridine rings is 1. The van der Waals surface area contributed by atoms with Crippen molar-refractivity contribution < 1.29 is 14.3 Å². The predicted molar refractivity (Wildman–Crippen MR) is 98.3 cm³/mol. The zero-order chi connectivity index (χ0) is 17.8. The minimum Gasteiger partial charge on any atom is -0.458 e. The molecule has 0 unspecified atom stereocenters. The van der Waals surface area contributed by atoms with Gasteiger partial charge in [0.15, 0.2) is 0 Å². The van der Waals surface area contributed by atoms with Crippen molar-refractivity contribution >= 4 is 40.4 Å². The number of hydrogen-bond donors (Lipinski definition) is 2. The summed E-state index contributed by atoms with van der Waals surface area (Å²) in [6.45, 7) is 10.9. The van der Waals surface area contributed by atoms with Crippen molar-refractivity contribution in [3.05, 3.63) is 21.4 Å². The highest BCUT2D eigenvalue weighted by Gasteiger charge is 2.29. The number of amides is 2. The van der Waals surface area contributed by atoms with Gasteiger partial charge in [0, 0.05) is 3.57 Å². The van der Waals surface area contributed by atoms with E-state index < -0.39 is 23.6 Å². The van der Waals surface area contributed by atoms with Crippen LogP contribution >= 0.6 is 22.6 Å². The molecule has 0 aromatic carbocycles. The molecule has 0 saturated carbocycles. The van der Waals surface area contributed by atoms with Crippen LogP contribution in [0.3, 0.4) is 0 Å². The molecule has 6 nitrogen and oxygen atoms in total. The molecule has 0 saturated heterocycles. The Bertz CT molecular complexity index is 582. The van der Waals surface area contributed by atoms with Crippen LogP contribution in [-0.4, -0.2) is 28.6 Å². The molecule has 0 radical (unpaired) electrons. The molecule has 1 aromatic heterocycles. The molecule has 0 spiro atoms. The molecule has 2 N–H and O–H groups in total. The van der Waals surface area contributed by atoms with Crippen LogP contribution in [0.4, 0.5) is 10.6 Å². The lowest BCUT2D eigenvalue weighted by atomic mass is 10.0. The summed E-state index contributed by atoms with van der Waals surface area (Å²) in [5.74, 6) is -0.108. The molecule has 1 atom stereocenters. The fraction of sp³-hybridized carbons (Fsp3) is 0.562. The summed E-state index contributed by atoms with van der Waals surface area (Å²) in [6.07, 6.45) is 0. The maximum absolute atomic E-state index is 12.2. The second kappa shape index (κ2) is 7.94. The Morgan fingerprint density at radius 2 is 1.87 bits per heavy atom. The minimum atomic E-state index is -0.723. The van der Waals surface area contributed by atoms with E-state index in [1.165, 1.54) is 0 Å². The van der Waals surface area contributed by atoms with Gasteiger partial charge in [-0.2, -0.15) is 0 Å². The van der Waals surface area contributed by atoms with Crippen LogP contribution in [0.25, 0.3) is 0 Å². The molecule has 0 aliphatic carbocycles. The number of halogens is 1. The molecule has 0 fully saturated rings. The van der Waals surface area contributed by atoms with Gasteiger partial charge in [0.2, 0.25) is 0 Å². The largest absolute Gasteiger partial charge is 0.458 e. The summed E-state index contributed by atoms with van der Waals surface area (Å²) in [7, 11) is 0. The third kappa shape index (κ3) is 6.72. The van der Waals surface area contributed by atoms with Crippen molar-refractivity contribution in [2.75, 3.05) is 5.32 Å². The molecular weight excluding hydrogens is 409 g/mol. The van der Waals surface area contributed by atoms with Crippen molar-refractivity contribution in [3.63, 3.8) is 0 Å². The third-order valence-corrected chi connectivity index (χ3v) is 4.02. The number of nitrogens with zero attached hydrogens (tertiary/aromatic N) is 1. The van der Waals surface area contributed by atoms with E-state index in [2.05, 4.69) is 38.2 Å². The Balaban J connectivity index is 2.74. The zero-order valence-corrected chi connectivity index (χ0v) is 16.5. The average Bonchev–Trinajstić information content (AvgIpc) is 2.38. The number of rotatable bonds is 4. The first kappa shape index (κ1) is 19.7. The summed E-state index contributed by atoms with van der Waals surface area (Å²) in [4.78, 5) is 28.6. The van der Waals surface area contributed by atoms with Crippen LogP contribution in [-0.2, 0) is 9.53 Å². The molecule has 7 heteroatoms. The Morgan fingerprint density at radius 1 is 1.26 bits per heavy atom. The standard InChI is InChI=1S/C16H24IN3O3/c1-9(2)13(14(21)23-16(4,5)6)20-15(22)19-12-8-7-11(17)10(3)18-12/h7-9,13H,1-6H3,(H2,18,19,20,22)/t13-/m0/s1. The van der Waals surface area contributed by atoms with E-state index in [4.69, 9.17) is 4.74 Å². The smallest absolute Gasteiger partial charge is 0.329 e. The number of anilines is 1. The summed E-state index contributed by atoms with van der Waals surface area (Å²) < 4.78 is 6.37. The summed E-state index contributed by atoms with van der Waals surface area (Å²) >= 11 is 2.17. The van der Waals surface area contributed by atoms with Crippen molar-refractivity contribution in [2.24, 2.45) is 5.92 Å². The Morgan fingerprint density at radius 3 is 2.35 bits per heavy atom. The number of aromatic nitrogens is 1. The Labute approximate surface area is 150 Å². The van der Waals surface area contributed by atoms with Crippen LogP contribution < -0.4 is 10.6 Å². The average molecular weight is 433 g/mol. The van der Waals surface area contributed by atoms with Crippen molar-refractivity contribution in [1.82, 2.24) is 10.3 Å². The van der Waals surface area contributed by atoms with E-state index in [1.54, 1.807) is 26.8 Å². The highest BCUT2D eigenvalue weighted by atomic mass is 127. The maximum Gasteiger partial charge on any atom is 0.329 e. The van der Waals surface area contributed by atoms with Gasteiger partial charge in [-0.15, -0.1) is 0 Å². The lowest BCUT2D eigenvalue weighted by molar-refractivity contribution is -0.158. The first-order valence-corrected chi connectivity index (χ1v) is 8.51. The van der Waals surface area contributed by atoms with Gasteiger partial charge in [-0.05, 0) is 68.3 Å². The van der Waals surface area contributed by atoms with Crippen LogP contribution in [0, 0.1) is 16.4 Å². The zero-order valence-electron chi connectivity index (χ0n) is 14.4. The number of hydrogen-bond acceptors (Lipinski definition) is 4. The number of aryl methyl sites for hydroxylation is 1. The van der Waals surface area contributed by atoms with Gasteiger partial charge < -0.3 is 10.1 Å². The summed E-state index contributed by atoms with van der Waals surface area (Å²) in [5.41, 5.74) is 0.230. The first-order valence-electron chi connectivity index (χ1n) is 7.43. The number of urea groups is 1. The first-order chi connectivity index (χ1) is 10.5. The van der Waals surface area contributed by atoms with Crippen molar-refractivity contribution in [3.8, 4) is 0 Å². The van der Waals surface area contributed by atoms with Crippen LogP contribution in [0.1, 0.15) is 40.3 Å². The number of esters is 1. The Kier molecular flexibility index (Phi) is 6.79. The quantitative estimate of drug-likeness (QED) is 0.563. The molecule has 1 rings (SSSR count). The minimum absolute atomic E-state index is 0.0954. The summed E-state index contributed by atoms with van der Waals surface area (Å²) in [6, 6.07) is 2.38. The molecule has 1 aromatic rings. The van der Waals surface area contributed by atoms with Gasteiger partial charge in [-0.25, -0.2) is 14.6 Å². The van der Waals surface area contributed by atoms with Crippen molar-refractivity contribution in [2.45, 2.75) is 53.2 Å². The van der Waals surface area contributed by atoms with Gasteiger partial charge >= 0.3 is 12.0 Å². The van der Waals surface area contributed by atoms with Gasteiger partial charge in [0.05, 0.1) is 5.69 Å². The monoisotopic (exact) mass is 433 g/mol. The van der Waals surface area contributed by atoms with Gasteiger partial charge in [-0.1, -0.05) is 13.8 Å². The van der Waals surface area contributed by atoms with Crippen molar-refractivity contribution in [1.29, 1.82) is 0 Å². The number of ether oxygens (including phenoxy) is 1. The van der Waals surface area contributed by atoms with E-state index in [-0.39, 0.29) is 5.92 Å². The number of nitrogens with one attached hydrogen (secondary N) is 2. The van der Waals surface area contributed by atoms with Crippen LogP contribution in [0.5, 0.6) is 0 Å². The van der Waals surface area contributed by atoms with E-state index in [9.17, 15) is 9.59 Å². The molecular formula is C16H24IN3O3. The molecule has 0 bridgehead atoms. The second-order valence-electron chi connectivity index (χ2n) is 6.62. The fourth-order valence-corrected chi connectivity index (χ4v) is 2.07. The highest BCUT2D eigenvalue weighted by molar-refractivity contribution is 14.1. The normalized spacial score (nSPS) is 12.7. The number of carbonyl (C=O) groups excluding carboxylic acids is 2. The van der Waals surface area contributed by atoms with E-state index in [1.807, 2.05) is 26.8 Å². The molecule has 0 aliphatic rings. The molecule has 0 aliphatic heterocycles. The van der Waals surface area contributed by atoms with Gasteiger partial charge in [0.1, 0.15) is 17.5 Å². The maximum atomic E-state index is 12.2. The molecule has 23 heavy (non-hydrogen) atoms. The van der Waals surface area contributed by atoms with Crippen LogP contribution in [0.2, 0.25) is 0 Å². The Hall–Kier alpha value is -1.38. The lowest BCUT2D eigenvalue weighted by Crippen LogP contribution is -2.48. The van der Waals surface area contributed by atoms with Gasteiger partial charge in [-0.3, -0.25) is 5.32 Å². The van der Waals surface area contributed by atoms with E-state index >= 15 is 0 Å². The molecule has 1 heterocycles. The number of carbonyl (C=O) groups is 2. The summed E-state index contributed by atoms with van der Waals surface area (Å²) in [5, 5.41) is 5.30. The van der Waals surface area contributed by atoms with E-state index in [0.717, 1.165) is 9.26 Å². The highest BCUT2D eigenvalue weighted by Crippen LogP contribution is 2.14. The molecule has 128 valence electrons. The SMILES string of the molecule is Cc1nc(NC(=O)N[C@H](C(=O)OC(C)(C)C)C(C)C)ccc1I. The second-order valence-corrected chi connectivity index (χ2v) is 7.78. The van der Waals surface area contributed by atoms with Crippen LogP contribution in [0.15, 0.2) is 12.1 Å². The van der Waals surface area contributed by atoms with E-state index in [0.29, 0.717) is 5.82 Å². The van der Waals surface area contributed by atoms with Gasteiger partial charge in [0.25, 0.3) is 0 Å². The topological polar surface area (TPSA) is 80.3 Å². The fourth-order valence-electron chi connectivity index (χ4n) is 1.77. The molecule has 2 amide bonds.